The first-order chi connectivity index (χ1) is 8.11. The van der Waals surface area contributed by atoms with E-state index in [9.17, 15) is 4.39 Å². The second-order valence-electron chi connectivity index (χ2n) is 4.07. The van der Waals surface area contributed by atoms with E-state index in [4.69, 9.17) is 5.84 Å². The van der Waals surface area contributed by atoms with E-state index in [1.807, 2.05) is 32.0 Å². The van der Waals surface area contributed by atoms with Gasteiger partial charge in [-0.1, -0.05) is 12.1 Å². The highest BCUT2D eigenvalue weighted by molar-refractivity contribution is 7.12. The Balaban J connectivity index is 2.42. The van der Waals surface area contributed by atoms with Crippen molar-refractivity contribution >= 4 is 11.3 Å². The molecule has 17 heavy (non-hydrogen) atoms. The fraction of sp³-hybridized carbons (Fsp3) is 0.231. The molecule has 0 bridgehead atoms. The molecule has 2 rings (SSSR count). The smallest absolute Gasteiger partial charge is 0.128 e. The van der Waals surface area contributed by atoms with Gasteiger partial charge in [-0.3, -0.25) is 5.84 Å². The van der Waals surface area contributed by atoms with Crippen molar-refractivity contribution in [2.24, 2.45) is 5.84 Å². The molecule has 4 heteroatoms. The molecule has 1 heterocycles. The van der Waals surface area contributed by atoms with Crippen molar-refractivity contribution < 1.29 is 4.39 Å². The van der Waals surface area contributed by atoms with Crippen LogP contribution in [0, 0.1) is 19.7 Å². The van der Waals surface area contributed by atoms with Crippen molar-refractivity contribution in [3.05, 3.63) is 57.0 Å². The Morgan fingerprint density at radius 2 is 2.00 bits per heavy atom. The predicted molar refractivity (Wildman–Crippen MR) is 69.4 cm³/mol. The van der Waals surface area contributed by atoms with Crippen LogP contribution in [0.4, 0.5) is 4.39 Å². The van der Waals surface area contributed by atoms with Crippen molar-refractivity contribution in [1.29, 1.82) is 0 Å². The second-order valence-corrected chi connectivity index (χ2v) is 5.39. The molecule has 0 saturated heterocycles. The van der Waals surface area contributed by atoms with Crippen molar-refractivity contribution in [3.8, 4) is 0 Å². The Bertz CT molecular complexity index is 522. The van der Waals surface area contributed by atoms with E-state index in [1.165, 1.54) is 10.9 Å². The molecule has 0 fully saturated rings. The summed E-state index contributed by atoms with van der Waals surface area (Å²) in [5.41, 5.74) is 4.17. The van der Waals surface area contributed by atoms with Gasteiger partial charge in [-0.2, -0.15) is 0 Å². The van der Waals surface area contributed by atoms with Gasteiger partial charge in [-0.05, 0) is 37.6 Å². The predicted octanol–water partition coefficient (Wildman–Crippen LogP) is 3.06. The normalized spacial score (nSPS) is 12.7. The molecular formula is C13H15FN2S. The van der Waals surface area contributed by atoms with Crippen LogP contribution < -0.4 is 11.3 Å². The number of hydrazine groups is 1. The second kappa shape index (κ2) is 4.96. The average Bonchev–Trinajstić information content (AvgIpc) is 2.69. The van der Waals surface area contributed by atoms with Crippen LogP contribution in [0.2, 0.25) is 0 Å². The van der Waals surface area contributed by atoms with Gasteiger partial charge < -0.3 is 0 Å². The molecule has 0 aliphatic carbocycles. The third-order valence-electron chi connectivity index (χ3n) is 2.68. The van der Waals surface area contributed by atoms with Crippen LogP contribution in [0.25, 0.3) is 0 Å². The molecule has 1 aromatic heterocycles. The topological polar surface area (TPSA) is 38.0 Å². The van der Waals surface area contributed by atoms with Gasteiger partial charge in [0.2, 0.25) is 0 Å². The maximum atomic E-state index is 13.9. The first-order valence-corrected chi connectivity index (χ1v) is 6.22. The van der Waals surface area contributed by atoms with Crippen molar-refractivity contribution in [3.63, 3.8) is 0 Å². The van der Waals surface area contributed by atoms with Gasteiger partial charge in [0.15, 0.2) is 0 Å². The minimum absolute atomic E-state index is 0.223. The first-order valence-electron chi connectivity index (χ1n) is 5.40. The fourth-order valence-corrected chi connectivity index (χ4v) is 2.76. The molecule has 2 nitrogen and oxygen atoms in total. The van der Waals surface area contributed by atoms with Gasteiger partial charge >= 0.3 is 0 Å². The Hall–Kier alpha value is -1.23. The van der Waals surface area contributed by atoms with E-state index in [-0.39, 0.29) is 11.9 Å². The third-order valence-corrected chi connectivity index (χ3v) is 3.74. The monoisotopic (exact) mass is 250 g/mol. The lowest BCUT2D eigenvalue weighted by atomic mass is 10.0. The summed E-state index contributed by atoms with van der Waals surface area (Å²) in [5, 5.41) is 0. The van der Waals surface area contributed by atoms with E-state index in [1.54, 1.807) is 17.4 Å². The summed E-state index contributed by atoms with van der Waals surface area (Å²) in [6, 6.07) is 8.91. The van der Waals surface area contributed by atoms with Crippen LogP contribution in [0.1, 0.15) is 26.9 Å². The summed E-state index contributed by atoms with van der Waals surface area (Å²) in [6.45, 7) is 3.89. The van der Waals surface area contributed by atoms with Crippen molar-refractivity contribution in [1.82, 2.24) is 5.43 Å². The summed E-state index contributed by atoms with van der Waals surface area (Å²) in [4.78, 5) is 2.21. The van der Waals surface area contributed by atoms with E-state index < -0.39 is 0 Å². The number of hydrogen-bond acceptors (Lipinski definition) is 3. The van der Waals surface area contributed by atoms with Gasteiger partial charge in [0.1, 0.15) is 5.82 Å². The molecule has 1 unspecified atom stereocenters. The molecule has 0 aliphatic heterocycles. The maximum Gasteiger partial charge on any atom is 0.128 e. The van der Waals surface area contributed by atoms with E-state index in [0.29, 0.717) is 5.56 Å². The largest absolute Gasteiger partial charge is 0.271 e. The molecule has 0 saturated carbocycles. The van der Waals surface area contributed by atoms with Crippen LogP contribution >= 0.6 is 11.3 Å². The zero-order valence-electron chi connectivity index (χ0n) is 9.83. The summed E-state index contributed by atoms with van der Waals surface area (Å²) in [7, 11) is 0. The maximum absolute atomic E-state index is 13.9. The number of thiophene rings is 1. The third kappa shape index (κ3) is 2.54. The van der Waals surface area contributed by atoms with Crippen molar-refractivity contribution in [2.45, 2.75) is 19.9 Å². The zero-order valence-corrected chi connectivity index (χ0v) is 10.6. The Morgan fingerprint density at radius 1 is 1.24 bits per heavy atom. The summed E-state index contributed by atoms with van der Waals surface area (Å²) in [5.74, 6) is 5.32. The number of nitrogens with one attached hydrogen (secondary N) is 1. The fourth-order valence-electron chi connectivity index (χ4n) is 1.80. The van der Waals surface area contributed by atoms with Gasteiger partial charge in [0, 0.05) is 15.3 Å². The minimum Gasteiger partial charge on any atom is -0.271 e. The molecule has 1 atom stereocenters. The number of rotatable bonds is 3. The standard InChI is InChI=1S/C13H15FN2S/c1-8-3-5-10(11(14)7-8)13(16-15)12-6-4-9(2)17-12/h3-7,13,16H,15H2,1-2H3. The summed E-state index contributed by atoms with van der Waals surface area (Å²) >= 11 is 1.62. The van der Waals surface area contributed by atoms with Crippen LogP contribution in [0.5, 0.6) is 0 Å². The first kappa shape index (κ1) is 12.2. The van der Waals surface area contributed by atoms with Crippen LogP contribution in [0.15, 0.2) is 30.3 Å². The quantitative estimate of drug-likeness (QED) is 0.649. The highest BCUT2D eigenvalue weighted by atomic mass is 32.1. The highest BCUT2D eigenvalue weighted by Crippen LogP contribution is 2.29. The lowest BCUT2D eigenvalue weighted by Crippen LogP contribution is -2.28. The molecule has 90 valence electrons. The lowest BCUT2D eigenvalue weighted by molar-refractivity contribution is 0.563. The summed E-state index contributed by atoms with van der Waals surface area (Å²) in [6.07, 6.45) is 0. The number of aryl methyl sites for hydroxylation is 2. The van der Waals surface area contributed by atoms with Crippen LogP contribution in [-0.2, 0) is 0 Å². The molecule has 0 spiro atoms. The van der Waals surface area contributed by atoms with Gasteiger partial charge in [0.25, 0.3) is 0 Å². The Labute approximate surface area is 104 Å². The number of halogens is 1. The molecule has 0 amide bonds. The van der Waals surface area contributed by atoms with Gasteiger partial charge in [-0.15, -0.1) is 11.3 Å². The molecule has 3 N–H and O–H groups in total. The SMILES string of the molecule is Cc1ccc(C(NN)c2ccc(C)s2)c(F)c1. The van der Waals surface area contributed by atoms with Crippen LogP contribution in [0.3, 0.4) is 0 Å². The molecule has 0 aliphatic rings. The molecule has 1 aromatic carbocycles. The van der Waals surface area contributed by atoms with Crippen molar-refractivity contribution in [2.75, 3.05) is 0 Å². The van der Waals surface area contributed by atoms with Gasteiger partial charge in [0.05, 0.1) is 6.04 Å². The van der Waals surface area contributed by atoms with E-state index >= 15 is 0 Å². The summed E-state index contributed by atoms with van der Waals surface area (Å²) < 4.78 is 13.9. The highest BCUT2D eigenvalue weighted by Gasteiger charge is 2.17. The molecule has 2 aromatic rings. The Kier molecular flexibility index (Phi) is 3.57. The zero-order chi connectivity index (χ0) is 12.4. The Morgan fingerprint density at radius 3 is 2.53 bits per heavy atom. The minimum atomic E-state index is -0.283. The van der Waals surface area contributed by atoms with Gasteiger partial charge in [-0.25, -0.2) is 9.82 Å². The van der Waals surface area contributed by atoms with E-state index in [0.717, 1.165) is 10.4 Å². The molecular weight excluding hydrogens is 235 g/mol. The number of hydrogen-bond donors (Lipinski definition) is 2. The van der Waals surface area contributed by atoms with Crippen LogP contribution in [-0.4, -0.2) is 0 Å². The van der Waals surface area contributed by atoms with E-state index in [2.05, 4.69) is 5.43 Å². The average molecular weight is 250 g/mol. The lowest BCUT2D eigenvalue weighted by Gasteiger charge is -2.15. The number of benzene rings is 1. The molecule has 0 radical (unpaired) electrons. The number of nitrogens with two attached hydrogens (primary N) is 1.